The summed E-state index contributed by atoms with van der Waals surface area (Å²) >= 11 is 0. The molecule has 0 aliphatic rings. The molecule has 1 nitrogen and oxygen atoms in total. The number of rotatable bonds is 10. The van der Waals surface area contributed by atoms with E-state index >= 15 is 0 Å². The first-order valence-electron chi connectivity index (χ1n) is 7.53. The first-order valence-corrected chi connectivity index (χ1v) is 13.8. The second-order valence-corrected chi connectivity index (χ2v) is 15.4. The first kappa shape index (κ1) is 21.4. The third kappa shape index (κ3) is 12.1. The van der Waals surface area contributed by atoms with Gasteiger partial charge < -0.3 is 4.12 Å². The fourth-order valence-electron chi connectivity index (χ4n) is 2.45. The molecule has 0 bridgehead atoms. The normalized spacial score (nSPS) is 12.3. The Morgan fingerprint density at radius 3 is 1.28 bits per heavy atom. The van der Waals surface area contributed by atoms with E-state index in [-0.39, 0.29) is 21.1 Å². The van der Waals surface area contributed by atoms with E-state index in [0.717, 1.165) is 0 Å². The summed E-state index contributed by atoms with van der Waals surface area (Å²) in [5, 5.41) is 0. The minimum Gasteiger partial charge on any atom is -0.455 e. The van der Waals surface area contributed by atoms with Gasteiger partial charge in [0.05, 0.1) is 0 Å². The van der Waals surface area contributed by atoms with E-state index in [0.29, 0.717) is 0 Å². The Labute approximate surface area is 132 Å². The van der Waals surface area contributed by atoms with E-state index in [1.807, 2.05) is 0 Å². The van der Waals surface area contributed by atoms with Gasteiger partial charge >= 0.3 is 0 Å². The molecule has 0 unspecified atom stereocenters. The third-order valence-electron chi connectivity index (χ3n) is 3.32. The van der Waals surface area contributed by atoms with Crippen molar-refractivity contribution in [2.75, 3.05) is 0 Å². The summed E-state index contributed by atoms with van der Waals surface area (Å²) < 4.78 is 6.60. The van der Waals surface area contributed by atoms with Crippen molar-refractivity contribution in [1.82, 2.24) is 0 Å². The summed E-state index contributed by atoms with van der Waals surface area (Å²) in [4.78, 5) is 0. The summed E-state index contributed by atoms with van der Waals surface area (Å²) in [6.45, 7) is 14.2. The van der Waals surface area contributed by atoms with Crippen LogP contribution < -0.4 is 0 Å². The molecule has 0 aliphatic carbocycles. The molecule has 0 N–H and O–H groups in total. The van der Waals surface area contributed by atoms with Crippen molar-refractivity contribution in [2.45, 2.75) is 90.6 Å². The Morgan fingerprint density at radius 2 is 1.00 bits per heavy atom. The van der Waals surface area contributed by atoms with Crippen LogP contribution in [0.1, 0.15) is 52.4 Å². The quantitative estimate of drug-likeness (QED) is 0.291. The summed E-state index contributed by atoms with van der Waals surface area (Å²) in [6, 6.07) is 2.70. The fourth-order valence-corrected chi connectivity index (χ4v) is 11.5. The Morgan fingerprint density at radius 1 is 0.667 bits per heavy atom. The molecule has 0 aromatic rings. The summed E-state index contributed by atoms with van der Waals surface area (Å²) in [6.07, 6.45) is 8.13. The Bertz CT molecular complexity index is 176. The molecule has 0 heterocycles. The molecule has 0 aliphatic heterocycles. The van der Waals surface area contributed by atoms with E-state index in [1.54, 1.807) is 0 Å². The zero-order valence-electron chi connectivity index (χ0n) is 13.4. The maximum Gasteiger partial charge on any atom is 0.173 e. The number of hydrogen-bond donors (Lipinski definition) is 0. The Kier molecular flexibility index (Phi) is 12.9. The molecular formula is C14H34OPtSi2. The second kappa shape index (κ2) is 10.8. The van der Waals surface area contributed by atoms with Gasteiger partial charge in [0.2, 0.25) is 0 Å². The van der Waals surface area contributed by atoms with Gasteiger partial charge in [-0.05, 0) is 38.3 Å². The summed E-state index contributed by atoms with van der Waals surface area (Å²) in [5.74, 6) is 0. The van der Waals surface area contributed by atoms with Crippen molar-refractivity contribution < 1.29 is 25.2 Å². The van der Waals surface area contributed by atoms with Crippen molar-refractivity contribution in [3.05, 3.63) is 0 Å². The molecule has 0 fully saturated rings. The SMILES string of the molecule is CCCCC[Si](C)(C)O[Si](C)(C)CCCCC.[Pt]. The van der Waals surface area contributed by atoms with Crippen LogP contribution in [0.5, 0.6) is 0 Å². The average molecular weight is 470 g/mol. The molecule has 0 rings (SSSR count). The zero-order valence-corrected chi connectivity index (χ0v) is 17.7. The fraction of sp³-hybridized carbons (Fsp3) is 1.00. The van der Waals surface area contributed by atoms with Gasteiger partial charge in [-0.1, -0.05) is 52.4 Å². The van der Waals surface area contributed by atoms with E-state index in [4.69, 9.17) is 4.12 Å². The average Bonchev–Trinajstić information content (AvgIpc) is 2.16. The van der Waals surface area contributed by atoms with Crippen LogP contribution in [0, 0.1) is 0 Å². The van der Waals surface area contributed by atoms with Crippen LogP contribution in [0.4, 0.5) is 0 Å². The van der Waals surface area contributed by atoms with Crippen LogP contribution in [0.3, 0.4) is 0 Å². The van der Waals surface area contributed by atoms with E-state index in [1.165, 1.54) is 50.6 Å². The molecule has 0 radical (unpaired) electrons. The third-order valence-corrected chi connectivity index (χ3v) is 10.9. The minimum atomic E-state index is -1.37. The number of unbranched alkanes of at least 4 members (excludes halogenated alkanes) is 4. The standard InChI is InChI=1S/C14H34OSi2.Pt/c1-7-9-11-13-16(3,4)15-17(5,6)14-12-10-8-2;/h7-14H2,1-6H3;. The molecular weight excluding hydrogens is 435 g/mol. The van der Waals surface area contributed by atoms with E-state index in [2.05, 4.69) is 40.0 Å². The van der Waals surface area contributed by atoms with Crippen LogP contribution in [-0.2, 0) is 25.2 Å². The van der Waals surface area contributed by atoms with Crippen LogP contribution in [0.15, 0.2) is 0 Å². The number of hydrogen-bond acceptors (Lipinski definition) is 1. The van der Waals surface area contributed by atoms with Crippen molar-refractivity contribution in [3.8, 4) is 0 Å². The van der Waals surface area contributed by atoms with Crippen molar-refractivity contribution >= 4 is 16.6 Å². The molecule has 0 aromatic carbocycles. The summed E-state index contributed by atoms with van der Waals surface area (Å²) in [7, 11) is -2.75. The molecule has 4 heteroatoms. The van der Waals surface area contributed by atoms with Gasteiger partial charge in [-0.15, -0.1) is 0 Å². The van der Waals surface area contributed by atoms with E-state index < -0.39 is 16.6 Å². The van der Waals surface area contributed by atoms with Crippen LogP contribution >= 0.6 is 0 Å². The van der Waals surface area contributed by atoms with Crippen molar-refractivity contribution in [1.29, 1.82) is 0 Å². The predicted octanol–water partition coefficient (Wildman–Crippen LogP) is 5.79. The summed E-state index contributed by atoms with van der Waals surface area (Å²) in [5.41, 5.74) is 0. The van der Waals surface area contributed by atoms with Crippen molar-refractivity contribution in [2.24, 2.45) is 0 Å². The van der Waals surface area contributed by atoms with E-state index in [9.17, 15) is 0 Å². The smallest absolute Gasteiger partial charge is 0.173 e. The van der Waals surface area contributed by atoms with Gasteiger partial charge in [0.15, 0.2) is 16.6 Å². The maximum absolute atomic E-state index is 6.60. The first-order chi connectivity index (χ1) is 7.83. The molecule has 0 saturated carbocycles. The molecule has 0 saturated heterocycles. The monoisotopic (exact) mass is 469 g/mol. The van der Waals surface area contributed by atoms with Crippen LogP contribution in [0.2, 0.25) is 38.3 Å². The van der Waals surface area contributed by atoms with Gasteiger partial charge in [-0.25, -0.2) is 0 Å². The zero-order chi connectivity index (χ0) is 13.4. The second-order valence-electron chi connectivity index (χ2n) is 6.54. The Balaban J connectivity index is 0. The van der Waals surface area contributed by atoms with Gasteiger partial charge in [0.25, 0.3) is 0 Å². The van der Waals surface area contributed by atoms with Crippen LogP contribution in [0.25, 0.3) is 0 Å². The van der Waals surface area contributed by atoms with Gasteiger partial charge in [0.1, 0.15) is 0 Å². The largest absolute Gasteiger partial charge is 0.455 e. The van der Waals surface area contributed by atoms with Gasteiger partial charge in [0, 0.05) is 21.1 Å². The van der Waals surface area contributed by atoms with Gasteiger partial charge in [-0.3, -0.25) is 0 Å². The molecule has 0 spiro atoms. The Hall–Kier alpha value is 1.08. The molecule has 0 amide bonds. The van der Waals surface area contributed by atoms with Gasteiger partial charge in [-0.2, -0.15) is 0 Å². The molecule has 114 valence electrons. The minimum absolute atomic E-state index is 0. The topological polar surface area (TPSA) is 9.23 Å². The van der Waals surface area contributed by atoms with Crippen molar-refractivity contribution in [3.63, 3.8) is 0 Å². The molecule has 0 aromatic heterocycles. The maximum atomic E-state index is 6.60. The molecule has 18 heavy (non-hydrogen) atoms. The molecule has 0 atom stereocenters. The van der Waals surface area contributed by atoms with Crippen LogP contribution in [-0.4, -0.2) is 16.6 Å². The predicted molar refractivity (Wildman–Crippen MR) is 84.7 cm³/mol.